The van der Waals surface area contributed by atoms with Crippen LogP contribution in [0.2, 0.25) is 0 Å². The van der Waals surface area contributed by atoms with Crippen molar-refractivity contribution in [3.8, 4) is 11.5 Å². The summed E-state index contributed by atoms with van der Waals surface area (Å²) in [6.07, 6.45) is 3.35. The Morgan fingerprint density at radius 1 is 0.680 bits per heavy atom. The van der Waals surface area contributed by atoms with Gasteiger partial charge >= 0.3 is 0 Å². The second kappa shape index (κ2) is 6.37. The van der Waals surface area contributed by atoms with Gasteiger partial charge < -0.3 is 15.5 Å². The zero-order valence-electron chi connectivity index (χ0n) is 13.5. The number of nitrogens with one attached hydrogen (secondary N) is 1. The number of phenols is 2. The van der Waals surface area contributed by atoms with Crippen LogP contribution in [-0.2, 0) is 13.1 Å². The summed E-state index contributed by atoms with van der Waals surface area (Å²) in [6.45, 7) is 1.29. The first kappa shape index (κ1) is 15.4. The molecule has 0 saturated heterocycles. The molecule has 0 aliphatic rings. The van der Waals surface area contributed by atoms with Crippen molar-refractivity contribution >= 4 is 21.8 Å². The fraction of sp³-hybridized carbons (Fsp3) is 0.100. The van der Waals surface area contributed by atoms with Gasteiger partial charge in [-0.3, -0.25) is 9.97 Å². The molecule has 4 aromatic rings. The molecule has 2 aromatic carbocycles. The topological polar surface area (TPSA) is 78.3 Å². The summed E-state index contributed by atoms with van der Waals surface area (Å²) < 4.78 is 0. The standard InChI is InChI=1S/C20H17N3O2/c24-17-7-5-13(15-3-1-9-22-19(15)17)11-21-12-14-6-8-18(25)20-16(14)4-2-10-23-20/h1-10,21,24-25H,11-12H2. The van der Waals surface area contributed by atoms with Crippen molar-refractivity contribution in [1.29, 1.82) is 0 Å². The van der Waals surface area contributed by atoms with E-state index in [2.05, 4.69) is 15.3 Å². The Morgan fingerprint density at radius 3 is 1.64 bits per heavy atom. The largest absolute Gasteiger partial charge is 0.506 e. The van der Waals surface area contributed by atoms with E-state index in [1.807, 2.05) is 36.4 Å². The van der Waals surface area contributed by atoms with E-state index in [1.54, 1.807) is 24.5 Å². The van der Waals surface area contributed by atoms with Gasteiger partial charge in [-0.05, 0) is 35.4 Å². The first-order valence-electron chi connectivity index (χ1n) is 8.06. The highest BCUT2D eigenvalue weighted by atomic mass is 16.3. The Hall–Kier alpha value is -3.18. The molecule has 0 saturated carbocycles. The summed E-state index contributed by atoms with van der Waals surface area (Å²) in [5.74, 6) is 0.380. The number of rotatable bonds is 4. The molecule has 0 fully saturated rings. The van der Waals surface area contributed by atoms with E-state index in [0.29, 0.717) is 24.1 Å². The van der Waals surface area contributed by atoms with Gasteiger partial charge in [0.05, 0.1) is 0 Å². The number of pyridine rings is 2. The number of hydrogen-bond acceptors (Lipinski definition) is 5. The molecule has 0 atom stereocenters. The minimum atomic E-state index is 0.190. The predicted molar refractivity (Wildman–Crippen MR) is 97.4 cm³/mol. The summed E-state index contributed by atoms with van der Waals surface area (Å²) in [5, 5.41) is 25.2. The lowest BCUT2D eigenvalue weighted by atomic mass is 10.1. The Bertz CT molecular complexity index is 978. The second-order valence-electron chi connectivity index (χ2n) is 5.89. The summed E-state index contributed by atoms with van der Waals surface area (Å²) in [4.78, 5) is 8.49. The van der Waals surface area contributed by atoms with E-state index in [4.69, 9.17) is 0 Å². The van der Waals surface area contributed by atoms with Crippen LogP contribution in [0.4, 0.5) is 0 Å². The number of aromatic nitrogens is 2. The molecule has 124 valence electrons. The van der Waals surface area contributed by atoms with Gasteiger partial charge in [0.25, 0.3) is 0 Å². The number of phenolic OH excluding ortho intramolecular Hbond substituents is 2. The van der Waals surface area contributed by atoms with Gasteiger partial charge in [0.15, 0.2) is 0 Å². The SMILES string of the molecule is Oc1ccc(CNCc2ccc(O)c3ncccc23)c2cccnc12. The van der Waals surface area contributed by atoms with Gasteiger partial charge in [0, 0.05) is 36.3 Å². The Balaban J connectivity index is 1.58. The summed E-state index contributed by atoms with van der Waals surface area (Å²) in [6, 6.07) is 14.8. The van der Waals surface area contributed by atoms with Crippen molar-refractivity contribution in [2.45, 2.75) is 13.1 Å². The van der Waals surface area contributed by atoms with Crippen LogP contribution in [0.1, 0.15) is 11.1 Å². The van der Waals surface area contributed by atoms with Crippen LogP contribution < -0.4 is 5.32 Å². The third kappa shape index (κ3) is 2.86. The molecule has 0 amide bonds. The summed E-state index contributed by atoms with van der Waals surface area (Å²) in [7, 11) is 0. The van der Waals surface area contributed by atoms with Crippen molar-refractivity contribution in [2.75, 3.05) is 0 Å². The lowest BCUT2D eigenvalue weighted by Crippen LogP contribution is -2.13. The maximum atomic E-state index is 9.93. The van der Waals surface area contributed by atoms with Crippen molar-refractivity contribution in [1.82, 2.24) is 15.3 Å². The zero-order valence-corrected chi connectivity index (χ0v) is 13.5. The lowest BCUT2D eigenvalue weighted by molar-refractivity contribution is 0.480. The Kier molecular flexibility index (Phi) is 3.91. The molecule has 0 aliphatic heterocycles. The molecule has 5 nitrogen and oxygen atoms in total. The van der Waals surface area contributed by atoms with E-state index in [-0.39, 0.29) is 11.5 Å². The number of aromatic hydroxyl groups is 2. The van der Waals surface area contributed by atoms with Crippen LogP contribution in [-0.4, -0.2) is 20.2 Å². The highest BCUT2D eigenvalue weighted by Gasteiger charge is 2.08. The molecule has 2 heterocycles. The van der Waals surface area contributed by atoms with Crippen LogP contribution in [0.25, 0.3) is 21.8 Å². The predicted octanol–water partition coefficient (Wildman–Crippen LogP) is 3.48. The van der Waals surface area contributed by atoms with Gasteiger partial charge in [0.1, 0.15) is 22.5 Å². The molecule has 3 N–H and O–H groups in total. The van der Waals surface area contributed by atoms with Gasteiger partial charge in [-0.25, -0.2) is 0 Å². The molecular formula is C20H17N3O2. The van der Waals surface area contributed by atoms with Gasteiger partial charge in [0.2, 0.25) is 0 Å². The minimum absolute atomic E-state index is 0.190. The number of fused-ring (bicyclic) bond motifs is 2. The minimum Gasteiger partial charge on any atom is -0.506 e. The van der Waals surface area contributed by atoms with Crippen molar-refractivity contribution in [2.24, 2.45) is 0 Å². The smallest absolute Gasteiger partial charge is 0.141 e. The molecular weight excluding hydrogens is 314 g/mol. The van der Waals surface area contributed by atoms with Crippen molar-refractivity contribution in [3.05, 3.63) is 72.1 Å². The molecule has 2 aromatic heterocycles. The van der Waals surface area contributed by atoms with E-state index in [1.165, 1.54) is 0 Å². The average molecular weight is 331 g/mol. The van der Waals surface area contributed by atoms with Crippen LogP contribution in [0, 0.1) is 0 Å². The van der Waals surface area contributed by atoms with Gasteiger partial charge in [-0.1, -0.05) is 24.3 Å². The van der Waals surface area contributed by atoms with E-state index in [0.717, 1.165) is 21.9 Å². The Labute approximate surface area is 144 Å². The van der Waals surface area contributed by atoms with Crippen LogP contribution in [0.3, 0.4) is 0 Å². The first-order valence-corrected chi connectivity index (χ1v) is 8.06. The molecule has 0 aliphatic carbocycles. The van der Waals surface area contributed by atoms with E-state index >= 15 is 0 Å². The maximum absolute atomic E-state index is 9.93. The normalized spacial score (nSPS) is 11.2. The fourth-order valence-corrected chi connectivity index (χ4v) is 3.07. The molecule has 0 bridgehead atoms. The second-order valence-corrected chi connectivity index (χ2v) is 5.89. The third-order valence-electron chi connectivity index (χ3n) is 4.31. The molecule has 0 unspecified atom stereocenters. The molecule has 0 radical (unpaired) electrons. The Morgan fingerprint density at radius 2 is 1.16 bits per heavy atom. The fourth-order valence-electron chi connectivity index (χ4n) is 3.07. The van der Waals surface area contributed by atoms with Crippen molar-refractivity contribution in [3.63, 3.8) is 0 Å². The lowest BCUT2D eigenvalue weighted by Gasteiger charge is -2.11. The average Bonchev–Trinajstić information content (AvgIpc) is 2.66. The number of nitrogens with zero attached hydrogens (tertiary/aromatic N) is 2. The van der Waals surface area contributed by atoms with Crippen LogP contribution in [0.5, 0.6) is 11.5 Å². The monoisotopic (exact) mass is 331 g/mol. The highest BCUT2D eigenvalue weighted by molar-refractivity contribution is 5.88. The molecule has 5 heteroatoms. The quantitative estimate of drug-likeness (QED) is 0.533. The summed E-state index contributed by atoms with van der Waals surface area (Å²) >= 11 is 0. The maximum Gasteiger partial charge on any atom is 0.141 e. The van der Waals surface area contributed by atoms with Gasteiger partial charge in [-0.2, -0.15) is 0 Å². The highest BCUT2D eigenvalue weighted by Crippen LogP contribution is 2.27. The number of hydrogen-bond donors (Lipinski definition) is 3. The van der Waals surface area contributed by atoms with Crippen LogP contribution >= 0.6 is 0 Å². The zero-order chi connectivity index (χ0) is 17.2. The summed E-state index contributed by atoms with van der Waals surface area (Å²) in [5.41, 5.74) is 3.37. The first-order chi connectivity index (χ1) is 12.2. The van der Waals surface area contributed by atoms with Crippen LogP contribution in [0.15, 0.2) is 60.9 Å². The third-order valence-corrected chi connectivity index (χ3v) is 4.31. The number of benzene rings is 2. The van der Waals surface area contributed by atoms with Crippen molar-refractivity contribution < 1.29 is 10.2 Å². The molecule has 25 heavy (non-hydrogen) atoms. The van der Waals surface area contributed by atoms with E-state index in [9.17, 15) is 10.2 Å². The molecule has 4 rings (SSSR count). The molecule has 0 spiro atoms. The van der Waals surface area contributed by atoms with Gasteiger partial charge in [-0.15, -0.1) is 0 Å². The van der Waals surface area contributed by atoms with E-state index < -0.39 is 0 Å².